The van der Waals surface area contributed by atoms with Gasteiger partial charge in [-0.25, -0.2) is 4.79 Å². The monoisotopic (exact) mass is 421 g/mol. The molecule has 2 aromatic rings. The Bertz CT molecular complexity index is 942. The van der Waals surface area contributed by atoms with Gasteiger partial charge in [0.05, 0.1) is 0 Å². The molecule has 1 saturated heterocycles. The van der Waals surface area contributed by atoms with Crippen molar-refractivity contribution in [2.45, 2.75) is 44.1 Å². The fraction of sp³-hybridized carbons (Fsp3) is 0.346. The van der Waals surface area contributed by atoms with Crippen LogP contribution in [0, 0.1) is 25.7 Å². The molecule has 0 N–H and O–H groups in total. The third-order valence-corrected chi connectivity index (χ3v) is 7.54. The van der Waals surface area contributed by atoms with Gasteiger partial charge in [0.1, 0.15) is 17.3 Å². The van der Waals surface area contributed by atoms with Gasteiger partial charge in [-0.15, -0.1) is 0 Å². The molecule has 0 bridgehead atoms. The molecule has 0 aliphatic carbocycles. The maximum Gasteiger partial charge on any atom is 0.345 e. The Morgan fingerprint density at radius 2 is 1.80 bits per heavy atom. The van der Waals surface area contributed by atoms with Gasteiger partial charge in [0.15, 0.2) is 17.1 Å². The van der Waals surface area contributed by atoms with E-state index >= 15 is 0 Å². The highest BCUT2D eigenvalue weighted by atomic mass is 32.2. The molecule has 0 aromatic heterocycles. The van der Waals surface area contributed by atoms with Crippen LogP contribution in [0.1, 0.15) is 36.5 Å². The molecule has 0 spiro atoms. The Morgan fingerprint density at radius 1 is 1.17 bits per heavy atom. The number of carbonyl (C=O) groups excluding carboxylic acids is 1. The molecule has 1 aliphatic rings. The first kappa shape index (κ1) is 22.1. The molecule has 3 nitrogen and oxygen atoms in total. The largest absolute Gasteiger partial charge is 0.481 e. The van der Waals surface area contributed by atoms with Crippen molar-refractivity contribution in [2.24, 2.45) is 0 Å². The number of carbonyl (C=O) groups is 1. The molecule has 1 aliphatic heterocycles. The van der Waals surface area contributed by atoms with Gasteiger partial charge in [0.25, 0.3) is 0 Å². The Kier molecular flexibility index (Phi) is 7.29. The quantitative estimate of drug-likeness (QED) is 0.285. The molecule has 156 valence electrons. The summed E-state index contributed by atoms with van der Waals surface area (Å²) >= 11 is 0. The van der Waals surface area contributed by atoms with Crippen molar-refractivity contribution in [1.82, 2.24) is 0 Å². The van der Waals surface area contributed by atoms with E-state index in [0.717, 1.165) is 22.4 Å². The zero-order valence-corrected chi connectivity index (χ0v) is 18.8. The normalized spacial score (nSPS) is 15.6. The van der Waals surface area contributed by atoms with Crippen LogP contribution >= 0.6 is 0 Å². The Balaban J connectivity index is 1.63. The molecule has 0 amide bonds. The molecule has 2 aromatic carbocycles. The van der Waals surface area contributed by atoms with Crippen molar-refractivity contribution in [1.29, 1.82) is 0 Å². The van der Waals surface area contributed by atoms with Crippen molar-refractivity contribution in [3.63, 3.8) is 0 Å². The average molecular weight is 422 g/mol. The van der Waals surface area contributed by atoms with Crippen molar-refractivity contribution in [3.8, 4) is 17.6 Å². The van der Waals surface area contributed by atoms with Gasteiger partial charge in [-0.1, -0.05) is 30.7 Å². The second-order valence-corrected chi connectivity index (χ2v) is 9.96. The first-order valence-electron chi connectivity index (χ1n) is 10.3. The lowest BCUT2D eigenvalue weighted by Gasteiger charge is -2.20. The van der Waals surface area contributed by atoms with Crippen molar-refractivity contribution >= 4 is 16.9 Å². The number of aryl methyl sites for hydroxylation is 2. The number of benzene rings is 2. The molecule has 1 atom stereocenters. The van der Waals surface area contributed by atoms with Crippen LogP contribution in [0.15, 0.2) is 60.0 Å². The summed E-state index contributed by atoms with van der Waals surface area (Å²) in [5.74, 6) is 8.88. The lowest BCUT2D eigenvalue weighted by atomic mass is 10.1. The minimum atomic E-state index is -1.08. The average Bonchev–Trinajstić information content (AvgIpc) is 3.27. The van der Waals surface area contributed by atoms with Crippen LogP contribution in [0.4, 0.5) is 0 Å². The van der Waals surface area contributed by atoms with E-state index in [1.165, 1.54) is 35.3 Å². The molecular formula is C26H29O3S+. The van der Waals surface area contributed by atoms with Gasteiger partial charge >= 0.3 is 5.97 Å². The molecule has 1 fully saturated rings. The summed E-state index contributed by atoms with van der Waals surface area (Å²) < 4.78 is 11.4. The van der Waals surface area contributed by atoms with Gasteiger partial charge in [-0.3, -0.25) is 0 Å². The number of hydrogen-bond donors (Lipinski definition) is 0. The predicted molar refractivity (Wildman–Crippen MR) is 124 cm³/mol. The molecule has 3 rings (SSSR count). The number of hydrogen-bond acceptors (Lipinski definition) is 3. The van der Waals surface area contributed by atoms with Gasteiger partial charge in [0.2, 0.25) is 0 Å². The summed E-state index contributed by atoms with van der Waals surface area (Å²) in [7, 11) is 0.361. The van der Waals surface area contributed by atoms with E-state index in [2.05, 4.69) is 30.6 Å². The molecule has 1 unspecified atom stereocenters. The van der Waals surface area contributed by atoms with Gasteiger partial charge in [-0.05, 0) is 81.0 Å². The second kappa shape index (κ2) is 9.91. The molecule has 4 heteroatoms. The standard InChI is InChI=1S/C26H29O3S/c1-5-26(4,14-13-22-11-7-6-8-12-22)29-24(27)19-28-25-20(2)17-23(18-21(25)3)30-15-9-10-16-30/h5-8,11-12,17-18H,1,9-10,15-16,19H2,2-4H3/q+1. The SMILES string of the molecule is C=CC(C)(C#Cc1ccccc1)OC(=O)COc1c(C)cc([S+]2CCCC2)cc1C. The summed E-state index contributed by atoms with van der Waals surface area (Å²) in [4.78, 5) is 13.8. The fourth-order valence-corrected chi connectivity index (χ4v) is 5.90. The maximum absolute atomic E-state index is 12.4. The van der Waals surface area contributed by atoms with Gasteiger partial charge in [-0.2, -0.15) is 0 Å². The zero-order chi connectivity index (χ0) is 21.6. The first-order valence-corrected chi connectivity index (χ1v) is 11.8. The topological polar surface area (TPSA) is 35.5 Å². The van der Waals surface area contributed by atoms with E-state index in [9.17, 15) is 4.79 Å². The minimum absolute atomic E-state index is 0.164. The number of rotatable bonds is 6. The molecular weight excluding hydrogens is 392 g/mol. The minimum Gasteiger partial charge on any atom is -0.481 e. The Labute approximate surface area is 182 Å². The van der Waals surface area contributed by atoms with Crippen LogP contribution in [-0.4, -0.2) is 29.7 Å². The van der Waals surface area contributed by atoms with Gasteiger partial charge < -0.3 is 9.47 Å². The molecule has 0 saturated carbocycles. The van der Waals surface area contributed by atoms with E-state index in [-0.39, 0.29) is 6.61 Å². The summed E-state index contributed by atoms with van der Waals surface area (Å²) in [6.45, 7) is 9.41. The van der Waals surface area contributed by atoms with E-state index < -0.39 is 11.6 Å². The van der Waals surface area contributed by atoms with E-state index in [0.29, 0.717) is 10.9 Å². The predicted octanol–water partition coefficient (Wildman–Crippen LogP) is 4.99. The summed E-state index contributed by atoms with van der Waals surface area (Å²) in [6.07, 6.45) is 4.18. The zero-order valence-electron chi connectivity index (χ0n) is 18.0. The van der Waals surface area contributed by atoms with E-state index in [1.807, 2.05) is 44.2 Å². The highest BCUT2D eigenvalue weighted by Gasteiger charge is 2.28. The first-order chi connectivity index (χ1) is 14.4. The summed E-state index contributed by atoms with van der Waals surface area (Å²) in [5, 5.41) is 0. The van der Waals surface area contributed by atoms with E-state index in [1.54, 1.807) is 6.92 Å². The van der Waals surface area contributed by atoms with E-state index in [4.69, 9.17) is 9.47 Å². The highest BCUT2D eigenvalue weighted by molar-refractivity contribution is 7.97. The van der Waals surface area contributed by atoms with Crippen LogP contribution in [0.5, 0.6) is 5.75 Å². The lowest BCUT2D eigenvalue weighted by molar-refractivity contribution is -0.152. The Hall–Kier alpha value is -2.64. The smallest absolute Gasteiger partial charge is 0.345 e. The molecule has 0 radical (unpaired) electrons. The van der Waals surface area contributed by atoms with Crippen LogP contribution in [-0.2, 0) is 20.4 Å². The number of esters is 1. The van der Waals surface area contributed by atoms with Gasteiger partial charge in [0, 0.05) is 16.5 Å². The van der Waals surface area contributed by atoms with Crippen LogP contribution in [0.2, 0.25) is 0 Å². The third-order valence-electron chi connectivity index (χ3n) is 5.08. The molecule has 1 heterocycles. The lowest BCUT2D eigenvalue weighted by Crippen LogP contribution is -2.30. The molecule has 30 heavy (non-hydrogen) atoms. The highest BCUT2D eigenvalue weighted by Crippen LogP contribution is 2.31. The summed E-state index contributed by atoms with van der Waals surface area (Å²) in [6, 6.07) is 14.0. The third kappa shape index (κ3) is 5.70. The fourth-order valence-electron chi connectivity index (χ4n) is 3.43. The van der Waals surface area contributed by atoms with Crippen molar-refractivity contribution in [2.75, 3.05) is 18.1 Å². The van der Waals surface area contributed by atoms with Crippen molar-refractivity contribution < 1.29 is 14.3 Å². The summed E-state index contributed by atoms with van der Waals surface area (Å²) in [5.41, 5.74) is 1.90. The number of ether oxygens (including phenoxy) is 2. The van der Waals surface area contributed by atoms with Crippen LogP contribution in [0.3, 0.4) is 0 Å². The Morgan fingerprint density at radius 3 is 2.40 bits per heavy atom. The van der Waals surface area contributed by atoms with Crippen LogP contribution < -0.4 is 4.74 Å². The van der Waals surface area contributed by atoms with Crippen molar-refractivity contribution in [3.05, 3.63) is 71.8 Å². The maximum atomic E-state index is 12.4. The second-order valence-electron chi connectivity index (χ2n) is 7.68. The van der Waals surface area contributed by atoms with Crippen LogP contribution in [0.25, 0.3) is 0 Å².